The maximum atomic E-state index is 12.2. The summed E-state index contributed by atoms with van der Waals surface area (Å²) in [6, 6.07) is 0. The lowest BCUT2D eigenvalue weighted by atomic mass is 9.79. The summed E-state index contributed by atoms with van der Waals surface area (Å²) in [6.45, 7) is 10.2. The lowest BCUT2D eigenvalue weighted by Gasteiger charge is -2.36. The van der Waals surface area contributed by atoms with Gasteiger partial charge in [-0.1, -0.05) is 26.5 Å². The first-order chi connectivity index (χ1) is 11.5. The summed E-state index contributed by atoms with van der Waals surface area (Å²) in [5.74, 6) is -2.48. The first-order valence-electron chi connectivity index (χ1n) is 8.27. The van der Waals surface area contributed by atoms with Crippen LogP contribution in [0.5, 0.6) is 0 Å². The van der Waals surface area contributed by atoms with Crippen molar-refractivity contribution in [3.05, 3.63) is 36.0 Å². The van der Waals surface area contributed by atoms with E-state index in [1.54, 1.807) is 26.8 Å². The third-order valence-electron chi connectivity index (χ3n) is 4.56. The molecule has 1 saturated heterocycles. The quantitative estimate of drug-likeness (QED) is 0.605. The van der Waals surface area contributed by atoms with E-state index in [2.05, 4.69) is 6.58 Å². The maximum absolute atomic E-state index is 12.2. The van der Waals surface area contributed by atoms with Crippen LogP contribution < -0.4 is 0 Å². The van der Waals surface area contributed by atoms with Gasteiger partial charge in [0.05, 0.1) is 11.8 Å². The molecule has 0 amide bonds. The lowest BCUT2D eigenvalue weighted by Crippen LogP contribution is -2.49. The van der Waals surface area contributed by atoms with Gasteiger partial charge >= 0.3 is 11.9 Å². The fourth-order valence-corrected chi connectivity index (χ4v) is 2.90. The van der Waals surface area contributed by atoms with Crippen LogP contribution in [-0.2, 0) is 23.9 Å². The molecule has 0 radical (unpaired) electrons. The monoisotopic (exact) mass is 348 g/mol. The molecule has 0 aromatic rings. The fourth-order valence-electron chi connectivity index (χ4n) is 2.90. The molecule has 1 N–H and O–H groups in total. The van der Waals surface area contributed by atoms with Gasteiger partial charge in [0.2, 0.25) is 0 Å². The largest absolute Gasteiger partial charge is 0.458 e. The second-order valence-corrected chi connectivity index (χ2v) is 7.05. The SMILES string of the molecule is C=C1C(=O)O[C@@H]2C/C=C(/C)C(=O)/C=C/[C@](C)(O)[C@@H](OC(=O)C(C)C)[C@@H]12. The number of hydrogen-bond acceptors (Lipinski definition) is 6. The van der Waals surface area contributed by atoms with Gasteiger partial charge in [-0.15, -0.1) is 0 Å². The van der Waals surface area contributed by atoms with E-state index in [1.165, 1.54) is 19.1 Å². The number of ketones is 1. The van der Waals surface area contributed by atoms with E-state index < -0.39 is 41.6 Å². The summed E-state index contributed by atoms with van der Waals surface area (Å²) >= 11 is 0. The van der Waals surface area contributed by atoms with Crippen molar-refractivity contribution in [1.29, 1.82) is 0 Å². The van der Waals surface area contributed by atoms with Crippen LogP contribution in [0.4, 0.5) is 0 Å². The highest BCUT2D eigenvalue weighted by Gasteiger charge is 2.51. The molecule has 0 bridgehead atoms. The van der Waals surface area contributed by atoms with Crippen LogP contribution in [0.15, 0.2) is 36.0 Å². The van der Waals surface area contributed by atoms with Gasteiger partial charge in [-0.2, -0.15) is 0 Å². The molecule has 0 aromatic carbocycles. The topological polar surface area (TPSA) is 89.9 Å². The van der Waals surface area contributed by atoms with Crippen molar-refractivity contribution < 1.29 is 29.0 Å². The molecule has 0 unspecified atom stereocenters. The number of aliphatic hydroxyl groups is 1. The lowest BCUT2D eigenvalue weighted by molar-refractivity contribution is -0.169. The smallest absolute Gasteiger partial charge is 0.334 e. The minimum Gasteiger partial charge on any atom is -0.458 e. The van der Waals surface area contributed by atoms with Crippen LogP contribution >= 0.6 is 0 Å². The Bertz CT molecular complexity index is 667. The molecule has 0 spiro atoms. The highest BCUT2D eigenvalue weighted by Crippen LogP contribution is 2.38. The Morgan fingerprint density at radius 3 is 2.68 bits per heavy atom. The Kier molecular flexibility index (Phi) is 5.32. The minimum atomic E-state index is -1.67. The van der Waals surface area contributed by atoms with Gasteiger partial charge in [-0.3, -0.25) is 9.59 Å². The second-order valence-electron chi connectivity index (χ2n) is 7.05. The number of fused-ring (bicyclic) bond motifs is 1. The van der Waals surface area contributed by atoms with Crippen LogP contribution in [0, 0.1) is 11.8 Å². The summed E-state index contributed by atoms with van der Waals surface area (Å²) in [6.07, 6.45) is 2.74. The van der Waals surface area contributed by atoms with Crippen molar-refractivity contribution in [3.8, 4) is 0 Å². The van der Waals surface area contributed by atoms with Crippen molar-refractivity contribution in [2.45, 2.75) is 51.9 Å². The number of ether oxygens (including phenoxy) is 2. The molecule has 136 valence electrons. The third kappa shape index (κ3) is 3.90. The molecule has 2 aliphatic rings. The van der Waals surface area contributed by atoms with Crippen LogP contribution in [-0.4, -0.2) is 40.6 Å². The molecule has 0 aromatic heterocycles. The Balaban J connectivity index is 2.52. The Morgan fingerprint density at radius 2 is 2.08 bits per heavy atom. The molecular weight excluding hydrogens is 324 g/mol. The van der Waals surface area contributed by atoms with Gasteiger partial charge in [0, 0.05) is 12.0 Å². The summed E-state index contributed by atoms with van der Waals surface area (Å²) in [4.78, 5) is 36.2. The molecule has 25 heavy (non-hydrogen) atoms. The van der Waals surface area contributed by atoms with E-state index >= 15 is 0 Å². The minimum absolute atomic E-state index is 0.151. The highest BCUT2D eigenvalue weighted by atomic mass is 16.6. The van der Waals surface area contributed by atoms with Gasteiger partial charge in [0.1, 0.15) is 17.8 Å². The van der Waals surface area contributed by atoms with Crippen LogP contribution in [0.25, 0.3) is 0 Å². The third-order valence-corrected chi connectivity index (χ3v) is 4.56. The van der Waals surface area contributed by atoms with E-state index in [1.807, 2.05) is 0 Å². The molecule has 1 heterocycles. The van der Waals surface area contributed by atoms with Crippen LogP contribution in [0.3, 0.4) is 0 Å². The van der Waals surface area contributed by atoms with Gasteiger partial charge in [0.15, 0.2) is 5.78 Å². The standard InChI is InChI=1S/C19H24O6/c1-10(2)17(21)25-16-15-12(4)18(22)24-14(15)7-6-11(3)13(20)8-9-19(16,5)23/h6,8-10,14-16,23H,4,7H2,1-3,5H3/b9-8+,11-6-/t14-,15+,16+,19+/m1/s1. The molecule has 1 aliphatic carbocycles. The zero-order valence-corrected chi connectivity index (χ0v) is 14.9. The summed E-state index contributed by atoms with van der Waals surface area (Å²) < 4.78 is 10.9. The van der Waals surface area contributed by atoms with E-state index in [0.29, 0.717) is 5.57 Å². The Morgan fingerprint density at radius 1 is 1.44 bits per heavy atom. The predicted octanol–water partition coefficient (Wildman–Crippen LogP) is 1.88. The molecule has 2 rings (SSSR count). The van der Waals surface area contributed by atoms with Gasteiger partial charge < -0.3 is 14.6 Å². The number of esters is 2. The van der Waals surface area contributed by atoms with Crippen LogP contribution in [0.2, 0.25) is 0 Å². The number of rotatable bonds is 2. The molecule has 6 nitrogen and oxygen atoms in total. The molecule has 1 fully saturated rings. The molecule has 4 atom stereocenters. The van der Waals surface area contributed by atoms with E-state index in [-0.39, 0.29) is 17.8 Å². The van der Waals surface area contributed by atoms with Gasteiger partial charge in [-0.25, -0.2) is 4.79 Å². The first-order valence-corrected chi connectivity index (χ1v) is 8.27. The summed E-state index contributed by atoms with van der Waals surface area (Å²) in [5, 5.41) is 10.9. The predicted molar refractivity (Wildman–Crippen MR) is 90.4 cm³/mol. The normalized spacial score (nSPS) is 36.3. The van der Waals surface area contributed by atoms with Crippen molar-refractivity contribution in [2.24, 2.45) is 11.8 Å². The second kappa shape index (κ2) is 6.96. The van der Waals surface area contributed by atoms with Gasteiger partial charge in [0.25, 0.3) is 0 Å². The van der Waals surface area contributed by atoms with E-state index in [0.717, 1.165) is 0 Å². The number of allylic oxidation sites excluding steroid dienone is 2. The average molecular weight is 348 g/mol. The molecule has 0 saturated carbocycles. The molecule has 6 heteroatoms. The zero-order chi connectivity index (χ0) is 18.9. The average Bonchev–Trinajstić information content (AvgIpc) is 2.81. The fraction of sp³-hybridized carbons (Fsp3) is 0.526. The van der Waals surface area contributed by atoms with Crippen molar-refractivity contribution in [1.82, 2.24) is 0 Å². The van der Waals surface area contributed by atoms with Crippen molar-refractivity contribution in [2.75, 3.05) is 0 Å². The van der Waals surface area contributed by atoms with E-state index in [9.17, 15) is 19.5 Å². The zero-order valence-electron chi connectivity index (χ0n) is 14.9. The van der Waals surface area contributed by atoms with Crippen molar-refractivity contribution in [3.63, 3.8) is 0 Å². The molecule has 1 aliphatic heterocycles. The maximum Gasteiger partial charge on any atom is 0.334 e. The van der Waals surface area contributed by atoms with Crippen LogP contribution in [0.1, 0.15) is 34.1 Å². The molecular formula is C19H24O6. The van der Waals surface area contributed by atoms with E-state index in [4.69, 9.17) is 9.47 Å². The first kappa shape index (κ1) is 19.1. The Labute approximate surface area is 147 Å². The van der Waals surface area contributed by atoms with Crippen molar-refractivity contribution >= 4 is 17.7 Å². The number of carbonyl (C=O) groups excluding carboxylic acids is 3. The number of hydrogen-bond donors (Lipinski definition) is 1. The highest BCUT2D eigenvalue weighted by molar-refractivity contribution is 6.03. The summed E-state index contributed by atoms with van der Waals surface area (Å²) in [5.41, 5.74) is -1.03. The van der Waals surface area contributed by atoms with Gasteiger partial charge in [-0.05, 0) is 31.6 Å². The number of carbonyl (C=O) groups is 3. The Hall–Kier alpha value is -2.21. The summed E-state index contributed by atoms with van der Waals surface area (Å²) in [7, 11) is 0.